The first-order valence-electron chi connectivity index (χ1n) is 41.2. The van der Waals surface area contributed by atoms with Gasteiger partial charge in [0.1, 0.15) is 6.54 Å². The number of unbranched alkanes of at least 4 members (excludes halogenated alkanes) is 60. The number of amides is 3. The molecular weight excluding hydrogens is 1120 g/mol. The Labute approximate surface area is 567 Å². The Balaban J connectivity index is 5.45. The van der Waals surface area contributed by atoms with Crippen molar-refractivity contribution in [3.63, 3.8) is 0 Å². The molecule has 0 bridgehead atoms. The van der Waals surface area contributed by atoms with Crippen LogP contribution < -0.4 is 0 Å². The number of carboxylic acid groups (broad SMARTS) is 2. The second kappa shape index (κ2) is 73.4. The summed E-state index contributed by atoms with van der Waals surface area (Å²) in [5, 5.41) is 20.6. The van der Waals surface area contributed by atoms with Crippen LogP contribution >= 0.6 is 0 Å². The van der Waals surface area contributed by atoms with Crippen LogP contribution in [0.15, 0.2) is 0 Å². The second-order valence-electron chi connectivity index (χ2n) is 28.8. The lowest BCUT2D eigenvalue weighted by molar-refractivity contribution is -0.140. The quantitative estimate of drug-likeness (QED) is 0.0582. The van der Waals surface area contributed by atoms with Gasteiger partial charge in [-0.1, -0.05) is 413 Å². The predicted octanol–water partition coefficient (Wildman–Crippen LogP) is 25.1. The van der Waals surface area contributed by atoms with Crippen LogP contribution in [-0.4, -0.2) is 113 Å². The molecular formula is C81H160N4O6. The van der Waals surface area contributed by atoms with Crippen molar-refractivity contribution in [3.8, 4) is 0 Å². The fraction of sp³-hybridized carbons (Fsp3) is 0.951. The number of hydrogen-bond acceptors (Lipinski definition) is 5. The zero-order valence-corrected chi connectivity index (χ0v) is 61.9. The highest BCUT2D eigenvalue weighted by Gasteiger charge is 2.24. The Morgan fingerprint density at radius 1 is 0.198 bits per heavy atom. The lowest BCUT2D eigenvalue weighted by atomic mass is 10.0. The average Bonchev–Trinajstić information content (AvgIpc) is 3.53. The number of nitrogens with zero attached hydrogens (tertiary/aromatic N) is 4. The third-order valence-electron chi connectivity index (χ3n) is 19.8. The minimum absolute atomic E-state index is 0.0359. The highest BCUT2D eigenvalue weighted by Crippen LogP contribution is 2.20. The van der Waals surface area contributed by atoms with Crippen LogP contribution in [-0.2, 0) is 14.4 Å². The summed E-state index contributed by atoms with van der Waals surface area (Å²) in [7, 11) is 0. The highest BCUT2D eigenvalue weighted by molar-refractivity contribution is 5.82. The Bertz CT molecular complexity index is 1440. The highest BCUT2D eigenvalue weighted by atomic mass is 16.4. The molecule has 2 N–H and O–H groups in total. The molecule has 0 aliphatic heterocycles. The van der Waals surface area contributed by atoms with E-state index in [4.69, 9.17) is 0 Å². The Morgan fingerprint density at radius 3 is 0.549 bits per heavy atom. The van der Waals surface area contributed by atoms with E-state index in [2.05, 4.69) is 27.7 Å². The minimum atomic E-state index is -1.19. The normalized spacial score (nSPS) is 11.6. The maximum atomic E-state index is 14.2. The molecule has 0 saturated heterocycles. The summed E-state index contributed by atoms with van der Waals surface area (Å²) < 4.78 is 0. The topological polar surface area (TPSA) is 122 Å². The first-order chi connectivity index (χ1) is 44.7. The van der Waals surface area contributed by atoms with Crippen molar-refractivity contribution in [3.05, 3.63) is 0 Å². The van der Waals surface area contributed by atoms with Crippen LogP contribution in [0.3, 0.4) is 0 Å². The van der Waals surface area contributed by atoms with Gasteiger partial charge in [-0.3, -0.25) is 24.2 Å². The van der Waals surface area contributed by atoms with Gasteiger partial charge in [0, 0.05) is 39.3 Å². The van der Waals surface area contributed by atoms with E-state index in [1.165, 1.54) is 347 Å². The van der Waals surface area contributed by atoms with E-state index in [-0.39, 0.29) is 44.5 Å². The summed E-state index contributed by atoms with van der Waals surface area (Å²) in [6.45, 7) is 11.1. The van der Waals surface area contributed by atoms with E-state index in [9.17, 15) is 29.4 Å². The molecule has 0 aromatic heterocycles. The molecule has 0 saturated carbocycles. The Hall–Kier alpha value is -2.36. The van der Waals surface area contributed by atoms with Crippen LogP contribution in [0.1, 0.15) is 439 Å². The molecule has 10 heteroatoms. The molecule has 0 radical (unpaired) electrons. The van der Waals surface area contributed by atoms with E-state index in [1.807, 2.05) is 9.80 Å². The molecule has 540 valence electrons. The van der Waals surface area contributed by atoms with Gasteiger partial charge in [0.25, 0.3) is 0 Å². The predicted molar refractivity (Wildman–Crippen MR) is 395 cm³/mol. The summed E-state index contributed by atoms with van der Waals surface area (Å²) in [6, 6.07) is 0. The van der Waals surface area contributed by atoms with Crippen LogP contribution in [0, 0.1) is 0 Å². The first kappa shape index (κ1) is 88.6. The number of carboxylic acids is 1. The maximum Gasteiger partial charge on any atom is 0.407 e. The van der Waals surface area contributed by atoms with Gasteiger partial charge in [0.2, 0.25) is 11.8 Å². The number of carbonyl (C=O) groups is 4. The maximum absolute atomic E-state index is 14.2. The molecule has 0 aliphatic carbocycles. The van der Waals surface area contributed by atoms with Crippen molar-refractivity contribution in [2.45, 2.75) is 439 Å². The van der Waals surface area contributed by atoms with E-state index in [1.54, 1.807) is 4.90 Å². The van der Waals surface area contributed by atoms with Gasteiger partial charge < -0.3 is 20.0 Å². The van der Waals surface area contributed by atoms with Crippen LogP contribution in [0.5, 0.6) is 0 Å². The average molecular weight is 1290 g/mol. The van der Waals surface area contributed by atoms with Gasteiger partial charge in [-0.05, 0) is 25.7 Å². The molecule has 0 rings (SSSR count). The van der Waals surface area contributed by atoms with Crippen LogP contribution in [0.25, 0.3) is 0 Å². The number of rotatable bonds is 77. The van der Waals surface area contributed by atoms with Gasteiger partial charge in [-0.25, -0.2) is 4.79 Å². The lowest BCUT2D eigenvalue weighted by Crippen LogP contribution is -2.48. The molecule has 0 aromatic carbocycles. The zero-order chi connectivity index (χ0) is 66.2. The van der Waals surface area contributed by atoms with Crippen molar-refractivity contribution in [1.29, 1.82) is 0 Å². The second-order valence-corrected chi connectivity index (χ2v) is 28.8. The summed E-state index contributed by atoms with van der Waals surface area (Å²) in [5.74, 6) is -1.30. The number of carbonyl (C=O) groups excluding carboxylic acids is 2. The lowest BCUT2D eigenvalue weighted by Gasteiger charge is -2.29. The fourth-order valence-electron chi connectivity index (χ4n) is 13.6. The fourth-order valence-corrected chi connectivity index (χ4v) is 13.6. The van der Waals surface area contributed by atoms with E-state index >= 15 is 0 Å². The van der Waals surface area contributed by atoms with E-state index in [0.717, 1.165) is 69.1 Å². The van der Waals surface area contributed by atoms with Crippen molar-refractivity contribution >= 4 is 23.9 Å². The van der Waals surface area contributed by atoms with Crippen molar-refractivity contribution < 1.29 is 29.4 Å². The third-order valence-corrected chi connectivity index (χ3v) is 19.8. The molecule has 10 nitrogen and oxygen atoms in total. The third kappa shape index (κ3) is 66.1. The standard InChI is InChI=1S/C81H160N4O6/c1-5-9-13-17-21-25-29-33-37-41-45-49-53-57-61-65-69-83(70-66-62-58-54-50-46-42-38-34-30-26-22-18-14-10-6-2)78(86)75-82(77-80(88)89)73-74-85(81(90)91)76-79(87)84(71-67-63-59-55-51-47-43-39-35-31-27-23-19-15-11-7-3)72-68-64-60-56-52-48-44-40-36-32-28-24-20-16-12-8-4/h5-77H2,1-4H3,(H,88,89)(H,90,91). The van der Waals surface area contributed by atoms with Crippen molar-refractivity contribution in [2.24, 2.45) is 0 Å². The smallest absolute Gasteiger partial charge is 0.407 e. The minimum Gasteiger partial charge on any atom is -0.480 e. The van der Waals surface area contributed by atoms with Gasteiger partial charge in [0.15, 0.2) is 0 Å². The molecule has 0 unspecified atom stereocenters. The van der Waals surface area contributed by atoms with Gasteiger partial charge in [-0.2, -0.15) is 0 Å². The number of aliphatic carboxylic acids is 1. The first-order valence-corrected chi connectivity index (χ1v) is 41.2. The summed E-state index contributed by atoms with van der Waals surface area (Å²) in [6.07, 6.45) is 81.6. The number of hydrogen-bond donors (Lipinski definition) is 2. The summed E-state index contributed by atoms with van der Waals surface area (Å²) in [5.41, 5.74) is 0. The molecule has 3 amide bonds. The summed E-state index contributed by atoms with van der Waals surface area (Å²) >= 11 is 0. The van der Waals surface area contributed by atoms with Crippen molar-refractivity contribution in [2.75, 3.05) is 58.9 Å². The Kier molecular flexibility index (Phi) is 71.5. The van der Waals surface area contributed by atoms with E-state index < -0.39 is 12.1 Å². The monoisotopic (exact) mass is 1290 g/mol. The molecule has 0 atom stereocenters. The molecule has 0 aliphatic rings. The zero-order valence-electron chi connectivity index (χ0n) is 61.9. The largest absolute Gasteiger partial charge is 0.480 e. The van der Waals surface area contributed by atoms with Crippen LogP contribution in [0.4, 0.5) is 4.79 Å². The molecule has 0 spiro atoms. The van der Waals surface area contributed by atoms with Gasteiger partial charge in [-0.15, -0.1) is 0 Å². The molecule has 91 heavy (non-hydrogen) atoms. The SMILES string of the molecule is CCCCCCCCCCCCCCCCCCN(CCCCCCCCCCCCCCCCCC)C(=O)CN(CCN(CC(=O)N(CCCCCCCCCCCCCCCCCC)CCCCCCCCCCCCCCCCCC)C(=O)O)CC(=O)O. The molecule has 0 fully saturated rings. The summed E-state index contributed by atoms with van der Waals surface area (Å²) in [4.78, 5) is 60.2. The van der Waals surface area contributed by atoms with Crippen molar-refractivity contribution in [1.82, 2.24) is 19.6 Å². The molecule has 0 heterocycles. The van der Waals surface area contributed by atoms with Gasteiger partial charge in [0.05, 0.1) is 13.1 Å². The van der Waals surface area contributed by atoms with Gasteiger partial charge >= 0.3 is 12.1 Å². The van der Waals surface area contributed by atoms with Crippen LogP contribution in [0.2, 0.25) is 0 Å². The Morgan fingerprint density at radius 2 is 0.374 bits per heavy atom. The van der Waals surface area contributed by atoms with E-state index in [0.29, 0.717) is 26.2 Å². The molecule has 0 aromatic rings.